The van der Waals surface area contributed by atoms with E-state index >= 15 is 0 Å². The van der Waals surface area contributed by atoms with Crippen molar-refractivity contribution in [2.24, 2.45) is 0 Å². The van der Waals surface area contributed by atoms with Crippen LogP contribution in [0.1, 0.15) is 5.69 Å². The first kappa shape index (κ1) is 13.9. The van der Waals surface area contributed by atoms with Crippen molar-refractivity contribution < 1.29 is 8.42 Å². The van der Waals surface area contributed by atoms with Crippen LogP contribution in [0.2, 0.25) is 0 Å². The number of piperazine rings is 1. The van der Waals surface area contributed by atoms with Crippen molar-refractivity contribution in [1.82, 2.24) is 18.5 Å². The first-order chi connectivity index (χ1) is 8.50. The fourth-order valence-electron chi connectivity index (χ4n) is 1.89. The van der Waals surface area contributed by atoms with Crippen LogP contribution in [0.4, 0.5) is 0 Å². The highest BCUT2D eigenvalue weighted by Gasteiger charge is 2.28. The highest BCUT2D eigenvalue weighted by atomic mass is 32.2. The van der Waals surface area contributed by atoms with E-state index in [9.17, 15) is 8.42 Å². The first-order valence-electron chi connectivity index (χ1n) is 5.77. The number of thiazole rings is 1. The Labute approximate surface area is 112 Å². The maximum atomic E-state index is 11.9. The van der Waals surface area contributed by atoms with Gasteiger partial charge in [0.1, 0.15) is 0 Å². The lowest BCUT2D eigenvalue weighted by atomic mass is 10.3. The van der Waals surface area contributed by atoms with Crippen LogP contribution in [-0.2, 0) is 16.8 Å². The fraction of sp³-hybridized carbons (Fsp3) is 0.700. The van der Waals surface area contributed by atoms with E-state index in [4.69, 9.17) is 0 Å². The van der Waals surface area contributed by atoms with E-state index in [-0.39, 0.29) is 0 Å². The SMILES string of the molecule is CN(C)S(=O)(=O)N1CCN(Cc2cscn2)CC1. The third kappa shape index (κ3) is 3.07. The van der Waals surface area contributed by atoms with Gasteiger partial charge < -0.3 is 0 Å². The molecular formula is C10H18N4O2S2. The summed E-state index contributed by atoms with van der Waals surface area (Å²) in [4.78, 5) is 6.48. The van der Waals surface area contributed by atoms with Crippen LogP contribution in [-0.4, -0.2) is 67.2 Å². The number of nitrogens with zero attached hydrogens (tertiary/aromatic N) is 4. The van der Waals surface area contributed by atoms with Crippen LogP contribution in [0.15, 0.2) is 10.9 Å². The van der Waals surface area contributed by atoms with E-state index in [0.717, 1.165) is 25.3 Å². The Morgan fingerprint density at radius 3 is 2.50 bits per heavy atom. The lowest BCUT2D eigenvalue weighted by Crippen LogP contribution is -2.51. The Balaban J connectivity index is 1.89. The van der Waals surface area contributed by atoms with Gasteiger partial charge in [-0.05, 0) is 0 Å². The van der Waals surface area contributed by atoms with Crippen molar-refractivity contribution in [2.45, 2.75) is 6.54 Å². The second-order valence-corrected chi connectivity index (χ2v) is 7.31. The summed E-state index contributed by atoms with van der Waals surface area (Å²) in [6, 6.07) is 0. The van der Waals surface area contributed by atoms with E-state index in [1.54, 1.807) is 25.4 Å². The molecule has 1 aromatic rings. The Kier molecular flexibility index (Phi) is 4.33. The molecule has 0 atom stereocenters. The standard InChI is InChI=1S/C10H18N4O2S2/c1-12(2)18(15,16)14-5-3-13(4-6-14)7-10-8-17-9-11-10/h8-9H,3-7H2,1-2H3. The Morgan fingerprint density at radius 1 is 1.33 bits per heavy atom. The molecule has 8 heteroatoms. The molecule has 0 saturated carbocycles. The van der Waals surface area contributed by atoms with Crippen molar-refractivity contribution in [3.63, 3.8) is 0 Å². The maximum Gasteiger partial charge on any atom is 0.281 e. The molecule has 2 rings (SSSR count). The molecule has 18 heavy (non-hydrogen) atoms. The van der Waals surface area contributed by atoms with Gasteiger partial charge in [0.15, 0.2) is 0 Å². The van der Waals surface area contributed by atoms with Crippen LogP contribution in [0, 0.1) is 0 Å². The van der Waals surface area contributed by atoms with Crippen molar-refractivity contribution >= 4 is 21.5 Å². The Morgan fingerprint density at radius 2 is 2.00 bits per heavy atom. The van der Waals surface area contributed by atoms with Crippen LogP contribution in [0.5, 0.6) is 0 Å². The summed E-state index contributed by atoms with van der Waals surface area (Å²) >= 11 is 1.59. The molecule has 1 aliphatic heterocycles. The third-order valence-electron chi connectivity index (χ3n) is 2.99. The molecule has 1 saturated heterocycles. The second kappa shape index (κ2) is 5.62. The molecule has 0 N–H and O–H groups in total. The van der Waals surface area contributed by atoms with Gasteiger partial charge in [-0.1, -0.05) is 0 Å². The molecule has 0 unspecified atom stereocenters. The summed E-state index contributed by atoms with van der Waals surface area (Å²) in [5.41, 5.74) is 2.88. The zero-order valence-electron chi connectivity index (χ0n) is 10.6. The number of rotatable bonds is 4. The molecule has 1 aliphatic rings. The van der Waals surface area contributed by atoms with Crippen molar-refractivity contribution in [2.75, 3.05) is 40.3 Å². The monoisotopic (exact) mass is 290 g/mol. The summed E-state index contributed by atoms with van der Waals surface area (Å²) in [7, 11) is -0.126. The summed E-state index contributed by atoms with van der Waals surface area (Å²) in [6.45, 7) is 3.41. The van der Waals surface area contributed by atoms with Gasteiger partial charge in [0, 0.05) is 52.2 Å². The van der Waals surface area contributed by atoms with E-state index in [2.05, 4.69) is 9.88 Å². The molecule has 102 valence electrons. The predicted molar refractivity (Wildman–Crippen MR) is 71.6 cm³/mol. The normalized spacial score (nSPS) is 19.5. The Hall–Kier alpha value is -0.540. The number of aromatic nitrogens is 1. The fourth-order valence-corrected chi connectivity index (χ4v) is 3.53. The quantitative estimate of drug-likeness (QED) is 0.787. The largest absolute Gasteiger partial charge is 0.295 e. The van der Waals surface area contributed by atoms with Gasteiger partial charge in [-0.25, -0.2) is 4.98 Å². The minimum absolute atomic E-state index is 0.546. The van der Waals surface area contributed by atoms with Gasteiger partial charge in [0.25, 0.3) is 10.2 Å². The van der Waals surface area contributed by atoms with Gasteiger partial charge in [-0.2, -0.15) is 17.0 Å². The van der Waals surface area contributed by atoms with E-state index in [1.165, 1.54) is 8.61 Å². The minimum Gasteiger partial charge on any atom is -0.295 e. The highest BCUT2D eigenvalue weighted by Crippen LogP contribution is 2.12. The molecule has 0 aromatic carbocycles. The topological polar surface area (TPSA) is 56.8 Å². The van der Waals surface area contributed by atoms with Gasteiger partial charge in [0.2, 0.25) is 0 Å². The minimum atomic E-state index is -3.26. The third-order valence-corrected chi connectivity index (χ3v) is 5.56. The number of hydrogen-bond acceptors (Lipinski definition) is 5. The summed E-state index contributed by atoms with van der Waals surface area (Å²) in [5.74, 6) is 0. The molecule has 0 aliphatic carbocycles. The van der Waals surface area contributed by atoms with E-state index in [1.807, 2.05) is 10.9 Å². The molecular weight excluding hydrogens is 272 g/mol. The van der Waals surface area contributed by atoms with Crippen LogP contribution < -0.4 is 0 Å². The van der Waals surface area contributed by atoms with Gasteiger partial charge >= 0.3 is 0 Å². The molecule has 0 amide bonds. The average Bonchev–Trinajstić information content (AvgIpc) is 2.82. The van der Waals surface area contributed by atoms with Crippen molar-refractivity contribution in [3.05, 3.63) is 16.6 Å². The molecule has 1 aromatic heterocycles. The van der Waals surface area contributed by atoms with Crippen LogP contribution >= 0.6 is 11.3 Å². The first-order valence-corrected chi connectivity index (χ1v) is 8.11. The zero-order chi connectivity index (χ0) is 13.2. The zero-order valence-corrected chi connectivity index (χ0v) is 12.2. The van der Waals surface area contributed by atoms with Crippen molar-refractivity contribution in [3.8, 4) is 0 Å². The average molecular weight is 290 g/mol. The van der Waals surface area contributed by atoms with Crippen LogP contribution in [0.25, 0.3) is 0 Å². The maximum absolute atomic E-state index is 11.9. The van der Waals surface area contributed by atoms with Crippen molar-refractivity contribution in [1.29, 1.82) is 0 Å². The molecule has 1 fully saturated rings. The highest BCUT2D eigenvalue weighted by molar-refractivity contribution is 7.86. The molecule has 6 nitrogen and oxygen atoms in total. The molecule has 0 radical (unpaired) electrons. The second-order valence-electron chi connectivity index (χ2n) is 4.45. The molecule has 0 spiro atoms. The van der Waals surface area contributed by atoms with Gasteiger partial charge in [0.05, 0.1) is 11.2 Å². The smallest absolute Gasteiger partial charge is 0.281 e. The van der Waals surface area contributed by atoms with E-state index < -0.39 is 10.2 Å². The van der Waals surface area contributed by atoms with Gasteiger partial charge in [-0.3, -0.25) is 4.90 Å². The summed E-state index contributed by atoms with van der Waals surface area (Å²) in [6.07, 6.45) is 0. The lowest BCUT2D eigenvalue weighted by Gasteiger charge is -2.34. The van der Waals surface area contributed by atoms with E-state index in [0.29, 0.717) is 13.1 Å². The molecule has 2 heterocycles. The summed E-state index contributed by atoms with van der Waals surface area (Å²) < 4.78 is 26.7. The van der Waals surface area contributed by atoms with Gasteiger partial charge in [-0.15, -0.1) is 11.3 Å². The number of hydrogen-bond donors (Lipinski definition) is 0. The predicted octanol–water partition coefficient (Wildman–Crippen LogP) is 0.0671. The Bertz CT molecular complexity index is 464. The van der Waals surface area contributed by atoms with Crippen LogP contribution in [0.3, 0.4) is 0 Å². The summed E-state index contributed by atoms with van der Waals surface area (Å²) in [5, 5.41) is 2.03. The lowest BCUT2D eigenvalue weighted by molar-refractivity contribution is 0.176. The molecule has 0 bridgehead atoms.